The number of hydrogen-bond donors (Lipinski definition) is 1. The third-order valence-corrected chi connectivity index (χ3v) is 5.25. The lowest BCUT2D eigenvalue weighted by atomic mass is 10.2. The molecular weight excluding hydrogens is 405 g/mol. The fourth-order valence-corrected chi connectivity index (χ4v) is 3.46. The van der Waals surface area contributed by atoms with Gasteiger partial charge in [-0.25, -0.2) is 9.37 Å². The van der Waals surface area contributed by atoms with E-state index < -0.39 is 5.82 Å². The summed E-state index contributed by atoms with van der Waals surface area (Å²) in [5.41, 5.74) is 1.21. The third kappa shape index (κ3) is 4.58. The molecule has 0 atom stereocenters. The van der Waals surface area contributed by atoms with E-state index in [1.54, 1.807) is 31.5 Å². The molecule has 3 aromatic rings. The van der Waals surface area contributed by atoms with Gasteiger partial charge in [0, 0.05) is 29.6 Å². The molecule has 0 saturated heterocycles. The predicted molar refractivity (Wildman–Crippen MR) is 105 cm³/mol. The van der Waals surface area contributed by atoms with E-state index in [1.807, 2.05) is 0 Å². The summed E-state index contributed by atoms with van der Waals surface area (Å²) in [4.78, 5) is 30.3. The molecule has 0 aliphatic heterocycles. The molecule has 0 aliphatic carbocycles. The fourth-order valence-electron chi connectivity index (χ4n) is 2.53. The number of rotatable bonds is 6. The maximum absolute atomic E-state index is 13.9. The number of carbonyl (C=O) groups excluding carboxylic acids is 2. The molecule has 146 valence electrons. The minimum Gasteiger partial charge on any atom is -0.469 e. The Bertz CT molecular complexity index is 997. The fraction of sp³-hybridized carbons (Fsp3) is 0.211. The number of benzene rings is 1. The quantitative estimate of drug-likeness (QED) is 0.644. The molecule has 0 aliphatic rings. The minimum atomic E-state index is -0.458. The van der Waals surface area contributed by atoms with Gasteiger partial charge in [-0.2, -0.15) is 0 Å². The van der Waals surface area contributed by atoms with Gasteiger partial charge in [0.2, 0.25) is 5.91 Å². The number of furan rings is 1. The average Bonchev–Trinajstić information content (AvgIpc) is 3.26. The van der Waals surface area contributed by atoms with Crippen molar-refractivity contribution in [3.8, 4) is 0 Å². The zero-order chi connectivity index (χ0) is 20.3. The molecule has 28 heavy (non-hydrogen) atoms. The number of halogens is 2. The van der Waals surface area contributed by atoms with Crippen LogP contribution in [-0.2, 0) is 17.8 Å². The molecule has 1 N–H and O–H groups in total. The van der Waals surface area contributed by atoms with Gasteiger partial charge in [0.05, 0.1) is 23.9 Å². The summed E-state index contributed by atoms with van der Waals surface area (Å²) in [7, 11) is 1.57. The van der Waals surface area contributed by atoms with Gasteiger partial charge in [0.15, 0.2) is 5.13 Å². The highest BCUT2D eigenvalue weighted by atomic mass is 35.5. The van der Waals surface area contributed by atoms with E-state index in [0.29, 0.717) is 22.1 Å². The van der Waals surface area contributed by atoms with Crippen molar-refractivity contribution in [3.05, 3.63) is 69.3 Å². The van der Waals surface area contributed by atoms with Gasteiger partial charge in [0.25, 0.3) is 5.91 Å². The van der Waals surface area contributed by atoms with Crippen LogP contribution in [0.4, 0.5) is 9.52 Å². The molecule has 0 saturated carbocycles. The van der Waals surface area contributed by atoms with Gasteiger partial charge in [-0.1, -0.05) is 17.7 Å². The molecule has 3 rings (SSSR count). The molecule has 6 nitrogen and oxygen atoms in total. The second-order valence-corrected chi connectivity index (χ2v) is 7.38. The van der Waals surface area contributed by atoms with Crippen LogP contribution in [0.3, 0.4) is 0 Å². The molecule has 1 aromatic carbocycles. The summed E-state index contributed by atoms with van der Waals surface area (Å²) in [5, 5.41) is 5.03. The number of likely N-dealkylation sites (N-methyl/N-ethyl adjacent to an activating group) is 1. The Hall–Kier alpha value is -2.71. The second kappa shape index (κ2) is 8.53. The summed E-state index contributed by atoms with van der Waals surface area (Å²) in [5.74, 6) is -0.517. The number of aryl methyl sites for hydroxylation is 1. The van der Waals surface area contributed by atoms with E-state index in [0.717, 1.165) is 0 Å². The smallest absolute Gasteiger partial charge is 0.260 e. The molecule has 2 aromatic heterocycles. The van der Waals surface area contributed by atoms with Crippen molar-refractivity contribution in [2.24, 2.45) is 0 Å². The van der Waals surface area contributed by atoms with E-state index in [4.69, 9.17) is 16.0 Å². The van der Waals surface area contributed by atoms with Gasteiger partial charge >= 0.3 is 0 Å². The topological polar surface area (TPSA) is 75.4 Å². The monoisotopic (exact) mass is 421 g/mol. The summed E-state index contributed by atoms with van der Waals surface area (Å²) >= 11 is 7.23. The SMILES string of the molecule is Cc1occc1C(=O)Nc1nc(CC(=O)N(C)Cc2c(F)cccc2Cl)cs1. The number of hydrogen-bond acceptors (Lipinski definition) is 5. The highest BCUT2D eigenvalue weighted by Crippen LogP contribution is 2.22. The largest absolute Gasteiger partial charge is 0.469 e. The summed E-state index contributed by atoms with van der Waals surface area (Å²) in [6, 6.07) is 5.97. The first-order valence-electron chi connectivity index (χ1n) is 8.32. The molecular formula is C19H17ClFN3O3S. The Morgan fingerprint density at radius 1 is 1.36 bits per heavy atom. The molecule has 0 radical (unpaired) electrons. The van der Waals surface area contributed by atoms with E-state index in [1.165, 1.54) is 34.6 Å². The normalized spacial score (nSPS) is 10.7. The van der Waals surface area contributed by atoms with Gasteiger partial charge in [-0.05, 0) is 25.1 Å². The number of nitrogens with one attached hydrogen (secondary N) is 1. The molecule has 2 amide bonds. The summed E-state index contributed by atoms with van der Waals surface area (Å²) in [6.07, 6.45) is 1.47. The van der Waals surface area contributed by atoms with Gasteiger partial charge in [0.1, 0.15) is 11.6 Å². The predicted octanol–water partition coefficient (Wildman–Crippen LogP) is 4.29. The number of aromatic nitrogens is 1. The van der Waals surface area contributed by atoms with Crippen LogP contribution in [0.25, 0.3) is 0 Å². The lowest BCUT2D eigenvalue weighted by Gasteiger charge is -2.18. The van der Waals surface area contributed by atoms with E-state index in [9.17, 15) is 14.0 Å². The van der Waals surface area contributed by atoms with Crippen LogP contribution >= 0.6 is 22.9 Å². The van der Waals surface area contributed by atoms with Crippen molar-refractivity contribution < 1.29 is 18.4 Å². The van der Waals surface area contributed by atoms with Crippen LogP contribution in [0, 0.1) is 12.7 Å². The minimum absolute atomic E-state index is 0.0275. The van der Waals surface area contributed by atoms with E-state index >= 15 is 0 Å². The van der Waals surface area contributed by atoms with Gasteiger partial charge in [-0.15, -0.1) is 11.3 Å². The van der Waals surface area contributed by atoms with E-state index in [2.05, 4.69) is 10.3 Å². The van der Waals surface area contributed by atoms with Gasteiger partial charge < -0.3 is 9.32 Å². The van der Waals surface area contributed by atoms with Crippen molar-refractivity contribution in [3.63, 3.8) is 0 Å². The van der Waals surface area contributed by atoms with Crippen LogP contribution in [0.5, 0.6) is 0 Å². The molecule has 0 bridgehead atoms. The molecule has 0 unspecified atom stereocenters. The van der Waals surface area contributed by atoms with Crippen LogP contribution in [0.2, 0.25) is 5.02 Å². The van der Waals surface area contributed by atoms with Crippen molar-refractivity contribution in [1.29, 1.82) is 0 Å². The maximum Gasteiger partial charge on any atom is 0.260 e. The van der Waals surface area contributed by atoms with Crippen molar-refractivity contribution in [2.45, 2.75) is 19.9 Å². The molecule has 9 heteroatoms. The maximum atomic E-state index is 13.9. The highest BCUT2D eigenvalue weighted by molar-refractivity contribution is 7.14. The second-order valence-electron chi connectivity index (χ2n) is 6.12. The Labute approximate surface area is 169 Å². The Balaban J connectivity index is 1.60. The Kier molecular flexibility index (Phi) is 6.11. The van der Waals surface area contributed by atoms with E-state index in [-0.39, 0.29) is 35.4 Å². The average molecular weight is 422 g/mol. The molecule has 0 spiro atoms. The van der Waals surface area contributed by atoms with Crippen LogP contribution < -0.4 is 5.32 Å². The first-order valence-corrected chi connectivity index (χ1v) is 9.57. The highest BCUT2D eigenvalue weighted by Gasteiger charge is 2.17. The lowest BCUT2D eigenvalue weighted by Crippen LogP contribution is -2.28. The standard InChI is InChI=1S/C19H17ClFN3O3S/c1-11-13(6-7-27-11)18(26)23-19-22-12(10-28-19)8-17(25)24(2)9-14-15(20)4-3-5-16(14)21/h3-7,10H,8-9H2,1-2H3,(H,22,23,26). The zero-order valence-corrected chi connectivity index (χ0v) is 16.7. The molecule has 0 fully saturated rings. The van der Waals surface area contributed by atoms with Crippen molar-refractivity contribution in [1.82, 2.24) is 9.88 Å². The summed E-state index contributed by atoms with van der Waals surface area (Å²) in [6.45, 7) is 1.75. The number of thiazole rings is 1. The Morgan fingerprint density at radius 3 is 2.82 bits per heavy atom. The first-order chi connectivity index (χ1) is 13.3. The third-order valence-electron chi connectivity index (χ3n) is 4.09. The Morgan fingerprint density at radius 2 is 2.14 bits per heavy atom. The van der Waals surface area contributed by atoms with Crippen LogP contribution in [0.1, 0.15) is 27.4 Å². The van der Waals surface area contributed by atoms with Crippen LogP contribution in [0.15, 0.2) is 40.3 Å². The van der Waals surface area contributed by atoms with Crippen LogP contribution in [-0.4, -0.2) is 28.7 Å². The summed E-state index contributed by atoms with van der Waals surface area (Å²) < 4.78 is 19.0. The van der Waals surface area contributed by atoms with Gasteiger partial charge in [-0.3, -0.25) is 14.9 Å². The zero-order valence-electron chi connectivity index (χ0n) is 15.2. The first kappa shape index (κ1) is 20.0. The number of anilines is 1. The number of amides is 2. The van der Waals surface area contributed by atoms with Crippen molar-refractivity contribution in [2.75, 3.05) is 12.4 Å². The van der Waals surface area contributed by atoms with Crippen molar-refractivity contribution >= 4 is 39.9 Å². The lowest BCUT2D eigenvalue weighted by molar-refractivity contribution is -0.129. The molecule has 2 heterocycles. The number of nitrogens with zero attached hydrogens (tertiary/aromatic N) is 2. The number of carbonyl (C=O) groups is 2.